The Balaban J connectivity index is 1.63. The fourth-order valence-corrected chi connectivity index (χ4v) is 5.50. The number of nitrogens with zero attached hydrogens (tertiary/aromatic N) is 1. The van der Waals surface area contributed by atoms with Crippen LogP contribution in [0.25, 0.3) is 0 Å². The van der Waals surface area contributed by atoms with Crippen LogP contribution in [-0.4, -0.2) is 29.9 Å². The molecule has 1 fully saturated rings. The van der Waals surface area contributed by atoms with Gasteiger partial charge in [0.25, 0.3) is 5.91 Å². The Morgan fingerprint density at radius 3 is 2.31 bits per heavy atom. The highest BCUT2D eigenvalue weighted by atomic mass is 19.1. The number of rotatable bonds is 5. The lowest BCUT2D eigenvalue weighted by atomic mass is 9.77. The number of benzene rings is 3. The minimum absolute atomic E-state index is 0.0286. The summed E-state index contributed by atoms with van der Waals surface area (Å²) >= 11 is 0. The Kier molecular flexibility index (Phi) is 6.53. The molecule has 1 heterocycles. The Labute approximate surface area is 204 Å². The molecule has 2 aliphatic rings. The van der Waals surface area contributed by atoms with E-state index < -0.39 is 12.0 Å². The number of anilines is 1. The van der Waals surface area contributed by atoms with Gasteiger partial charge < -0.3 is 15.0 Å². The van der Waals surface area contributed by atoms with Crippen LogP contribution in [0, 0.1) is 5.82 Å². The molecule has 5 rings (SSSR count). The first-order valence-corrected chi connectivity index (χ1v) is 12.2. The van der Waals surface area contributed by atoms with Crippen LogP contribution in [0.5, 0.6) is 5.75 Å². The van der Waals surface area contributed by atoms with Crippen LogP contribution in [0.3, 0.4) is 0 Å². The van der Waals surface area contributed by atoms with Crippen molar-refractivity contribution in [2.75, 3.05) is 12.4 Å². The SMILES string of the molecule is COc1ccc([C@H]2[C@@H](C(=O)Nc3ccc(F)cc3)c3ccccc3C(=O)N2C2CCCCC2)cc1. The predicted octanol–water partition coefficient (Wildman–Crippen LogP) is 6.09. The monoisotopic (exact) mass is 472 g/mol. The third-order valence-corrected chi connectivity index (χ3v) is 7.20. The number of hydrogen-bond donors (Lipinski definition) is 1. The van der Waals surface area contributed by atoms with E-state index in [-0.39, 0.29) is 23.7 Å². The zero-order chi connectivity index (χ0) is 24.4. The van der Waals surface area contributed by atoms with E-state index in [9.17, 15) is 14.0 Å². The summed E-state index contributed by atoms with van der Waals surface area (Å²) in [5, 5.41) is 2.97. The fourth-order valence-electron chi connectivity index (χ4n) is 5.50. The minimum atomic E-state index is -0.621. The van der Waals surface area contributed by atoms with Gasteiger partial charge in [0.1, 0.15) is 11.6 Å². The van der Waals surface area contributed by atoms with Crippen molar-refractivity contribution >= 4 is 17.5 Å². The summed E-state index contributed by atoms with van der Waals surface area (Å²) in [6, 6.07) is 20.4. The first kappa shape index (κ1) is 23.1. The van der Waals surface area contributed by atoms with Crippen molar-refractivity contribution in [1.29, 1.82) is 0 Å². The molecule has 6 heteroatoms. The van der Waals surface area contributed by atoms with Gasteiger partial charge in [-0.3, -0.25) is 9.59 Å². The van der Waals surface area contributed by atoms with E-state index in [1.807, 2.05) is 53.4 Å². The van der Waals surface area contributed by atoms with Crippen molar-refractivity contribution in [1.82, 2.24) is 4.90 Å². The molecule has 0 spiro atoms. The number of halogens is 1. The second-order valence-corrected chi connectivity index (χ2v) is 9.28. The van der Waals surface area contributed by atoms with E-state index in [0.29, 0.717) is 22.6 Å². The van der Waals surface area contributed by atoms with Gasteiger partial charge in [0.15, 0.2) is 0 Å². The maximum atomic E-state index is 13.9. The number of carbonyl (C=O) groups excluding carboxylic acids is 2. The second kappa shape index (κ2) is 9.90. The first-order valence-electron chi connectivity index (χ1n) is 12.2. The quantitative estimate of drug-likeness (QED) is 0.489. The maximum absolute atomic E-state index is 13.9. The third-order valence-electron chi connectivity index (χ3n) is 7.20. The molecule has 3 aromatic carbocycles. The van der Waals surface area contributed by atoms with Crippen molar-refractivity contribution in [3.8, 4) is 5.75 Å². The number of hydrogen-bond acceptors (Lipinski definition) is 3. The second-order valence-electron chi connectivity index (χ2n) is 9.28. The Morgan fingerprint density at radius 2 is 1.63 bits per heavy atom. The molecule has 0 unspecified atom stereocenters. The highest BCUT2D eigenvalue weighted by Crippen LogP contribution is 2.46. The first-order chi connectivity index (χ1) is 17.1. The maximum Gasteiger partial charge on any atom is 0.254 e. The summed E-state index contributed by atoms with van der Waals surface area (Å²) in [5.74, 6) is -0.523. The van der Waals surface area contributed by atoms with Crippen LogP contribution in [-0.2, 0) is 4.79 Å². The van der Waals surface area contributed by atoms with Gasteiger partial charge in [-0.25, -0.2) is 4.39 Å². The lowest BCUT2D eigenvalue weighted by molar-refractivity contribution is -0.119. The highest BCUT2D eigenvalue weighted by molar-refractivity contribution is 6.04. The molecule has 0 saturated heterocycles. The normalized spacial score (nSPS) is 20.3. The molecule has 0 bridgehead atoms. The summed E-state index contributed by atoms with van der Waals surface area (Å²) in [6.07, 6.45) is 5.15. The van der Waals surface area contributed by atoms with E-state index in [1.165, 1.54) is 12.1 Å². The standard InChI is InChI=1S/C29H29FN2O3/c1-35-23-17-11-19(12-18-23)27-26(28(33)31-21-15-13-20(30)14-16-21)24-9-5-6-10-25(24)29(34)32(27)22-7-3-2-4-8-22/h5-6,9-18,22,26-27H,2-4,7-8H2,1H3,(H,31,33)/t26-,27-/m0/s1. The van der Waals surface area contributed by atoms with Crippen LogP contribution in [0.15, 0.2) is 72.8 Å². The molecule has 1 aliphatic heterocycles. The molecule has 5 nitrogen and oxygen atoms in total. The van der Waals surface area contributed by atoms with Crippen molar-refractivity contribution in [3.63, 3.8) is 0 Å². The van der Waals surface area contributed by atoms with Gasteiger partial charge in [0.05, 0.1) is 19.1 Å². The lowest BCUT2D eigenvalue weighted by Crippen LogP contribution is -2.51. The molecule has 3 aromatic rings. The van der Waals surface area contributed by atoms with Crippen molar-refractivity contribution in [3.05, 3.63) is 95.3 Å². The summed E-state index contributed by atoms with van der Waals surface area (Å²) in [4.78, 5) is 29.8. The van der Waals surface area contributed by atoms with E-state index in [0.717, 1.165) is 37.7 Å². The number of amides is 2. The number of carbonyl (C=O) groups is 2. The van der Waals surface area contributed by atoms with Gasteiger partial charge in [-0.1, -0.05) is 49.6 Å². The van der Waals surface area contributed by atoms with Crippen LogP contribution < -0.4 is 10.1 Å². The third kappa shape index (κ3) is 4.53. The summed E-state index contributed by atoms with van der Waals surface area (Å²) in [6.45, 7) is 0. The van der Waals surface area contributed by atoms with Crippen molar-refractivity contribution < 1.29 is 18.7 Å². The van der Waals surface area contributed by atoms with Crippen LogP contribution >= 0.6 is 0 Å². The summed E-state index contributed by atoms with van der Waals surface area (Å²) in [7, 11) is 1.61. The van der Waals surface area contributed by atoms with E-state index >= 15 is 0 Å². The zero-order valence-corrected chi connectivity index (χ0v) is 19.7. The average Bonchev–Trinajstić information content (AvgIpc) is 2.90. The molecule has 2 atom stereocenters. The molecule has 180 valence electrons. The largest absolute Gasteiger partial charge is 0.497 e. The molecule has 0 aromatic heterocycles. The molecule has 35 heavy (non-hydrogen) atoms. The van der Waals surface area contributed by atoms with Crippen LogP contribution in [0.4, 0.5) is 10.1 Å². The minimum Gasteiger partial charge on any atom is -0.497 e. The Bertz CT molecular complexity index is 1200. The molecular weight excluding hydrogens is 443 g/mol. The average molecular weight is 473 g/mol. The lowest BCUT2D eigenvalue weighted by Gasteiger charge is -2.46. The van der Waals surface area contributed by atoms with Gasteiger partial charge in [-0.2, -0.15) is 0 Å². The fraction of sp³-hybridized carbons (Fsp3) is 0.310. The van der Waals surface area contributed by atoms with Gasteiger partial charge in [0, 0.05) is 17.3 Å². The van der Waals surface area contributed by atoms with Gasteiger partial charge in [-0.05, 0) is 66.4 Å². The summed E-state index contributed by atoms with van der Waals surface area (Å²) < 4.78 is 18.8. The van der Waals surface area contributed by atoms with E-state index in [4.69, 9.17) is 4.74 Å². The number of nitrogens with one attached hydrogen (secondary N) is 1. The predicted molar refractivity (Wildman–Crippen MR) is 133 cm³/mol. The van der Waals surface area contributed by atoms with Crippen LogP contribution in [0.2, 0.25) is 0 Å². The van der Waals surface area contributed by atoms with Gasteiger partial charge >= 0.3 is 0 Å². The van der Waals surface area contributed by atoms with Gasteiger partial charge in [0.2, 0.25) is 5.91 Å². The number of ether oxygens (including phenoxy) is 1. The number of fused-ring (bicyclic) bond motifs is 1. The zero-order valence-electron chi connectivity index (χ0n) is 19.7. The topological polar surface area (TPSA) is 58.6 Å². The smallest absolute Gasteiger partial charge is 0.254 e. The summed E-state index contributed by atoms with van der Waals surface area (Å²) in [5.41, 5.74) is 2.69. The molecule has 1 saturated carbocycles. The molecular formula is C29H29FN2O3. The Morgan fingerprint density at radius 1 is 0.943 bits per heavy atom. The number of methoxy groups -OCH3 is 1. The molecule has 0 radical (unpaired) electrons. The van der Waals surface area contributed by atoms with Gasteiger partial charge in [-0.15, -0.1) is 0 Å². The highest BCUT2D eigenvalue weighted by Gasteiger charge is 2.46. The van der Waals surface area contributed by atoms with Crippen molar-refractivity contribution in [2.24, 2.45) is 0 Å². The van der Waals surface area contributed by atoms with Crippen LogP contribution in [0.1, 0.15) is 65.5 Å². The van der Waals surface area contributed by atoms with E-state index in [1.54, 1.807) is 19.2 Å². The van der Waals surface area contributed by atoms with E-state index in [2.05, 4.69) is 5.32 Å². The molecule has 1 N–H and O–H groups in total. The van der Waals surface area contributed by atoms with Crippen molar-refractivity contribution in [2.45, 2.75) is 50.1 Å². The molecule has 2 amide bonds. The molecule has 1 aliphatic carbocycles. The Hall–Kier alpha value is -3.67.